The number of benzene rings is 2. The first-order valence-electron chi connectivity index (χ1n) is 8.68. The van der Waals surface area contributed by atoms with Crippen LogP contribution in [-0.2, 0) is 4.79 Å². The van der Waals surface area contributed by atoms with Gasteiger partial charge in [-0.1, -0.05) is 53.5 Å². The molecule has 7 heteroatoms. The molecule has 1 fully saturated rings. The molecule has 1 aliphatic heterocycles. The van der Waals surface area contributed by atoms with Crippen molar-refractivity contribution in [2.75, 3.05) is 26.7 Å². The van der Waals surface area contributed by atoms with Crippen LogP contribution < -0.4 is 10.1 Å². The number of carbonyl (C=O) groups excluding carboxylic acids is 1. The molecular formula is C20H23Cl3N2O2. The summed E-state index contributed by atoms with van der Waals surface area (Å²) in [5.41, 5.74) is 0.820. The highest BCUT2D eigenvalue weighted by Gasteiger charge is 2.32. The Morgan fingerprint density at radius 2 is 1.96 bits per heavy atom. The number of hydrogen-bond acceptors (Lipinski definition) is 3. The average molecular weight is 430 g/mol. The molecule has 1 aliphatic rings. The van der Waals surface area contributed by atoms with Gasteiger partial charge in [-0.05, 0) is 38.1 Å². The van der Waals surface area contributed by atoms with Crippen LogP contribution in [0.15, 0.2) is 48.5 Å². The average Bonchev–Trinajstić information content (AvgIpc) is 3.12. The summed E-state index contributed by atoms with van der Waals surface area (Å²) in [6.07, 6.45) is 0.294. The molecule has 3 rings (SSSR count). The number of nitrogens with zero attached hydrogens (tertiary/aromatic N) is 1. The molecule has 0 aliphatic carbocycles. The van der Waals surface area contributed by atoms with Gasteiger partial charge in [0.25, 0.3) is 5.91 Å². The first-order chi connectivity index (χ1) is 12.6. The zero-order valence-electron chi connectivity index (χ0n) is 15.0. The predicted molar refractivity (Wildman–Crippen MR) is 112 cm³/mol. The molecule has 2 atom stereocenters. The summed E-state index contributed by atoms with van der Waals surface area (Å²) in [5.74, 6) is 0.971. The van der Waals surface area contributed by atoms with Crippen molar-refractivity contribution < 1.29 is 9.53 Å². The maximum absolute atomic E-state index is 13.2. The molecular weight excluding hydrogens is 407 g/mol. The lowest BCUT2D eigenvalue weighted by atomic mass is 10.1. The highest BCUT2D eigenvalue weighted by Crippen LogP contribution is 2.31. The number of amides is 1. The highest BCUT2D eigenvalue weighted by atomic mass is 35.5. The SMILES string of the molecule is CNCC1CCN(C(=O)C(Oc2ccc(Cl)c(Cl)c2)c2ccccc2)C1.Cl. The van der Waals surface area contributed by atoms with Gasteiger partial charge in [0.15, 0.2) is 0 Å². The second-order valence-corrected chi connectivity index (χ2v) is 7.30. The van der Waals surface area contributed by atoms with Gasteiger partial charge in [0, 0.05) is 24.7 Å². The van der Waals surface area contributed by atoms with Gasteiger partial charge in [0.05, 0.1) is 10.0 Å². The van der Waals surface area contributed by atoms with Crippen molar-refractivity contribution in [2.45, 2.75) is 12.5 Å². The van der Waals surface area contributed by atoms with Crippen LogP contribution >= 0.6 is 35.6 Å². The molecule has 146 valence electrons. The van der Waals surface area contributed by atoms with Gasteiger partial charge in [-0.2, -0.15) is 0 Å². The number of likely N-dealkylation sites (tertiary alicyclic amines) is 1. The van der Waals surface area contributed by atoms with E-state index in [2.05, 4.69) is 5.32 Å². The molecule has 0 saturated carbocycles. The minimum atomic E-state index is -0.707. The molecule has 27 heavy (non-hydrogen) atoms. The summed E-state index contributed by atoms with van der Waals surface area (Å²) in [4.78, 5) is 15.1. The van der Waals surface area contributed by atoms with E-state index in [1.807, 2.05) is 42.3 Å². The van der Waals surface area contributed by atoms with Crippen molar-refractivity contribution in [1.29, 1.82) is 0 Å². The Morgan fingerprint density at radius 1 is 1.22 bits per heavy atom. The van der Waals surface area contributed by atoms with E-state index in [1.54, 1.807) is 18.2 Å². The Morgan fingerprint density at radius 3 is 2.63 bits per heavy atom. The maximum atomic E-state index is 13.2. The third-order valence-electron chi connectivity index (χ3n) is 4.56. The fourth-order valence-corrected chi connectivity index (χ4v) is 3.52. The molecule has 0 aromatic heterocycles. The Labute approximate surface area is 176 Å². The topological polar surface area (TPSA) is 41.6 Å². The lowest BCUT2D eigenvalue weighted by molar-refractivity contribution is -0.138. The van der Waals surface area contributed by atoms with Crippen molar-refractivity contribution in [2.24, 2.45) is 5.92 Å². The first-order valence-corrected chi connectivity index (χ1v) is 9.44. The van der Waals surface area contributed by atoms with E-state index in [1.165, 1.54) is 0 Å². The van der Waals surface area contributed by atoms with E-state index in [0.717, 1.165) is 31.6 Å². The fourth-order valence-electron chi connectivity index (χ4n) is 3.23. The highest BCUT2D eigenvalue weighted by molar-refractivity contribution is 6.42. The normalized spacial score (nSPS) is 17.3. The zero-order chi connectivity index (χ0) is 18.5. The second kappa shape index (κ2) is 10.2. The Kier molecular flexibility index (Phi) is 8.24. The van der Waals surface area contributed by atoms with Gasteiger partial charge in [-0.25, -0.2) is 0 Å². The zero-order valence-corrected chi connectivity index (χ0v) is 17.4. The molecule has 2 aromatic carbocycles. The predicted octanol–water partition coefficient (Wildman–Crippen LogP) is 4.60. The van der Waals surface area contributed by atoms with Crippen LogP contribution in [-0.4, -0.2) is 37.5 Å². The van der Waals surface area contributed by atoms with Crippen molar-refractivity contribution in [3.63, 3.8) is 0 Å². The van der Waals surface area contributed by atoms with Crippen LogP contribution in [0.3, 0.4) is 0 Å². The van der Waals surface area contributed by atoms with E-state index in [-0.39, 0.29) is 18.3 Å². The summed E-state index contributed by atoms with van der Waals surface area (Å²) in [6.45, 7) is 2.40. The molecule has 1 heterocycles. The molecule has 0 bridgehead atoms. The van der Waals surface area contributed by atoms with Gasteiger partial charge in [0.1, 0.15) is 5.75 Å². The van der Waals surface area contributed by atoms with Crippen LogP contribution in [0.1, 0.15) is 18.1 Å². The van der Waals surface area contributed by atoms with E-state index < -0.39 is 6.10 Å². The van der Waals surface area contributed by atoms with Gasteiger partial charge in [-0.15, -0.1) is 12.4 Å². The standard InChI is InChI=1S/C20H22Cl2N2O2.ClH/c1-23-12-14-9-10-24(13-14)20(25)19(15-5-3-2-4-6-15)26-16-7-8-17(21)18(22)11-16;/h2-8,11,14,19,23H,9-10,12-13H2,1H3;1H. The number of carbonyl (C=O) groups is 1. The second-order valence-electron chi connectivity index (χ2n) is 6.48. The Hall–Kier alpha value is -1.46. The van der Waals surface area contributed by atoms with E-state index in [0.29, 0.717) is 21.7 Å². The van der Waals surface area contributed by atoms with Gasteiger partial charge in [0.2, 0.25) is 6.10 Å². The Bertz CT molecular complexity index is 758. The number of rotatable bonds is 6. The molecule has 1 amide bonds. The number of ether oxygens (including phenoxy) is 1. The number of halogens is 3. The minimum absolute atomic E-state index is 0. The molecule has 1 saturated heterocycles. The third-order valence-corrected chi connectivity index (χ3v) is 5.30. The Balaban J connectivity index is 0.00000261. The monoisotopic (exact) mass is 428 g/mol. The lowest BCUT2D eigenvalue weighted by Gasteiger charge is -2.25. The molecule has 2 aromatic rings. The van der Waals surface area contributed by atoms with Gasteiger partial charge < -0.3 is 15.0 Å². The van der Waals surface area contributed by atoms with Crippen molar-refractivity contribution in [3.8, 4) is 5.75 Å². The van der Waals surface area contributed by atoms with Crippen molar-refractivity contribution in [3.05, 3.63) is 64.1 Å². The molecule has 2 unspecified atom stereocenters. The van der Waals surface area contributed by atoms with Crippen LogP contribution in [0.5, 0.6) is 5.75 Å². The van der Waals surface area contributed by atoms with Crippen molar-refractivity contribution in [1.82, 2.24) is 10.2 Å². The van der Waals surface area contributed by atoms with Gasteiger partial charge >= 0.3 is 0 Å². The van der Waals surface area contributed by atoms with Crippen molar-refractivity contribution >= 4 is 41.5 Å². The first kappa shape index (κ1) is 21.8. The van der Waals surface area contributed by atoms with Gasteiger partial charge in [-0.3, -0.25) is 4.79 Å². The largest absolute Gasteiger partial charge is 0.476 e. The van der Waals surface area contributed by atoms with Crippen LogP contribution in [0.2, 0.25) is 10.0 Å². The molecule has 0 spiro atoms. The summed E-state index contributed by atoms with van der Waals surface area (Å²) in [6, 6.07) is 14.6. The smallest absolute Gasteiger partial charge is 0.268 e. The fraction of sp³-hybridized carbons (Fsp3) is 0.350. The van der Waals surface area contributed by atoms with E-state index in [9.17, 15) is 4.79 Å². The molecule has 1 N–H and O–H groups in total. The van der Waals surface area contributed by atoms with E-state index >= 15 is 0 Å². The lowest BCUT2D eigenvalue weighted by Crippen LogP contribution is -2.36. The minimum Gasteiger partial charge on any atom is -0.476 e. The summed E-state index contributed by atoms with van der Waals surface area (Å²) in [5, 5.41) is 4.04. The quantitative estimate of drug-likeness (QED) is 0.729. The summed E-state index contributed by atoms with van der Waals surface area (Å²) >= 11 is 12.1. The third kappa shape index (κ3) is 5.52. The summed E-state index contributed by atoms with van der Waals surface area (Å²) < 4.78 is 6.06. The van der Waals surface area contributed by atoms with Crippen LogP contribution in [0.4, 0.5) is 0 Å². The van der Waals surface area contributed by atoms with Crippen LogP contribution in [0.25, 0.3) is 0 Å². The maximum Gasteiger partial charge on any atom is 0.268 e. The number of hydrogen-bond donors (Lipinski definition) is 1. The van der Waals surface area contributed by atoms with Crippen LogP contribution in [0, 0.1) is 5.92 Å². The molecule has 4 nitrogen and oxygen atoms in total. The van der Waals surface area contributed by atoms with E-state index in [4.69, 9.17) is 27.9 Å². The summed E-state index contributed by atoms with van der Waals surface area (Å²) in [7, 11) is 1.94. The molecule has 0 radical (unpaired) electrons. The number of nitrogens with one attached hydrogen (secondary N) is 1.